The van der Waals surface area contributed by atoms with E-state index in [1.165, 1.54) is 22.8 Å². The Kier molecular flexibility index (Phi) is 6.72. The number of nitrogens with one attached hydrogen (secondary N) is 1. The van der Waals surface area contributed by atoms with Crippen LogP contribution in [0.25, 0.3) is 0 Å². The van der Waals surface area contributed by atoms with Crippen molar-refractivity contribution in [1.29, 1.82) is 0 Å². The standard InChI is InChI=1S/C28H23N3O7S2/c1-36-17-9-5-15(6-10-17)29-20(32)14-30-27-24(40-28(30)35)21(19-4-3-13-38-19)22-23(39-27)26(34)31(25(22)33)16-7-11-18(37-2)12-8-16/h3-13,21-23H,14H2,1-2H3,(H,29,32)/t21-,22?,23?/m1/s1. The molecule has 40 heavy (non-hydrogen) atoms. The van der Waals surface area contributed by atoms with Gasteiger partial charge in [-0.1, -0.05) is 23.1 Å². The van der Waals surface area contributed by atoms with Crippen LogP contribution in [0.2, 0.25) is 0 Å². The summed E-state index contributed by atoms with van der Waals surface area (Å²) in [6, 6.07) is 17.0. The number of fused-ring (bicyclic) bond motifs is 2. The molecule has 12 heteroatoms. The van der Waals surface area contributed by atoms with Crippen molar-refractivity contribution in [3.8, 4) is 11.5 Å². The molecule has 6 rings (SSSR count). The van der Waals surface area contributed by atoms with Gasteiger partial charge in [0.2, 0.25) is 17.7 Å². The van der Waals surface area contributed by atoms with Crippen LogP contribution in [0.1, 0.15) is 16.6 Å². The fourth-order valence-electron chi connectivity index (χ4n) is 5.03. The number of carbonyl (C=O) groups is 3. The SMILES string of the molecule is COc1ccc(NC(=O)Cn2c3c(sc2=O)[C@H](c2ccco2)C2C(=O)N(c4ccc(OC)cc4)C(=O)C2S3)cc1. The molecule has 2 aromatic heterocycles. The number of benzene rings is 2. The lowest BCUT2D eigenvalue weighted by molar-refractivity contribution is -0.122. The molecule has 10 nitrogen and oxygen atoms in total. The molecule has 204 valence electrons. The van der Waals surface area contributed by atoms with Gasteiger partial charge in [-0.3, -0.25) is 23.7 Å². The molecule has 2 unspecified atom stereocenters. The summed E-state index contributed by atoms with van der Waals surface area (Å²) in [5, 5.41) is 2.47. The first-order valence-electron chi connectivity index (χ1n) is 12.3. The van der Waals surface area contributed by atoms with E-state index in [4.69, 9.17) is 13.9 Å². The van der Waals surface area contributed by atoms with E-state index in [-0.39, 0.29) is 23.2 Å². The lowest BCUT2D eigenvalue weighted by atomic mass is 9.87. The normalized spacial score (nSPS) is 19.8. The van der Waals surface area contributed by atoms with Crippen LogP contribution in [0.15, 0.2) is 81.2 Å². The van der Waals surface area contributed by atoms with Gasteiger partial charge in [-0.15, -0.1) is 0 Å². The second kappa shape index (κ2) is 10.4. The number of carbonyl (C=O) groups excluding carboxylic acids is 3. The fourth-order valence-corrected chi connectivity index (χ4v) is 7.79. The molecule has 0 saturated carbocycles. The molecular weight excluding hydrogens is 554 g/mol. The lowest BCUT2D eigenvalue weighted by Crippen LogP contribution is -2.32. The zero-order valence-corrected chi connectivity index (χ0v) is 23.0. The number of anilines is 2. The predicted octanol–water partition coefficient (Wildman–Crippen LogP) is 3.95. The molecular formula is C28H23N3O7S2. The number of thiazole rings is 1. The molecule has 1 saturated heterocycles. The molecule has 1 fully saturated rings. The number of nitrogens with zero attached hydrogens (tertiary/aromatic N) is 2. The van der Waals surface area contributed by atoms with Crippen molar-refractivity contribution in [1.82, 2.24) is 4.57 Å². The summed E-state index contributed by atoms with van der Waals surface area (Å²) in [5.74, 6) is -0.871. The first-order valence-corrected chi connectivity index (χ1v) is 14.0. The Morgan fingerprint density at radius 3 is 2.25 bits per heavy atom. The van der Waals surface area contributed by atoms with Crippen molar-refractivity contribution in [3.63, 3.8) is 0 Å². The van der Waals surface area contributed by atoms with Gasteiger partial charge in [0.05, 0.1) is 47.9 Å². The molecule has 4 aromatic rings. The largest absolute Gasteiger partial charge is 0.497 e. The number of hydrogen-bond donors (Lipinski definition) is 1. The lowest BCUT2D eigenvalue weighted by Gasteiger charge is -2.29. The van der Waals surface area contributed by atoms with Gasteiger partial charge in [-0.2, -0.15) is 0 Å². The summed E-state index contributed by atoms with van der Waals surface area (Å²) >= 11 is 2.11. The number of hydrogen-bond acceptors (Lipinski definition) is 9. The van der Waals surface area contributed by atoms with Gasteiger partial charge in [-0.25, -0.2) is 4.90 Å². The van der Waals surface area contributed by atoms with E-state index in [1.807, 2.05) is 0 Å². The molecule has 2 aliphatic rings. The minimum atomic E-state index is -0.804. The van der Waals surface area contributed by atoms with E-state index in [0.717, 1.165) is 23.1 Å². The van der Waals surface area contributed by atoms with Crippen LogP contribution >= 0.6 is 23.1 Å². The minimum absolute atomic E-state index is 0.254. The first kappa shape index (κ1) is 26.0. The van der Waals surface area contributed by atoms with Crippen LogP contribution in [-0.4, -0.2) is 41.8 Å². The zero-order valence-electron chi connectivity index (χ0n) is 21.4. The molecule has 0 radical (unpaired) electrons. The number of methoxy groups -OCH3 is 2. The number of ether oxygens (including phenoxy) is 2. The summed E-state index contributed by atoms with van der Waals surface area (Å²) in [6.45, 7) is -0.254. The third-order valence-corrected chi connectivity index (χ3v) is 9.51. The predicted molar refractivity (Wildman–Crippen MR) is 149 cm³/mol. The maximum absolute atomic E-state index is 13.8. The van der Waals surface area contributed by atoms with Gasteiger partial charge in [0.25, 0.3) is 0 Å². The van der Waals surface area contributed by atoms with Gasteiger partial charge >= 0.3 is 4.87 Å². The maximum Gasteiger partial charge on any atom is 0.308 e. The summed E-state index contributed by atoms with van der Waals surface area (Å²) in [7, 11) is 3.09. The molecule has 3 amide bonds. The van der Waals surface area contributed by atoms with E-state index < -0.39 is 23.0 Å². The van der Waals surface area contributed by atoms with E-state index >= 15 is 0 Å². The van der Waals surface area contributed by atoms with Crippen molar-refractivity contribution < 1.29 is 28.3 Å². The highest BCUT2D eigenvalue weighted by Gasteiger charge is 2.57. The molecule has 4 heterocycles. The highest BCUT2D eigenvalue weighted by atomic mass is 32.2. The Hall–Kier alpha value is -4.29. The fraction of sp³-hybridized carbons (Fsp3) is 0.214. The summed E-state index contributed by atoms with van der Waals surface area (Å²) < 4.78 is 17.4. The number of thioether (sulfide) groups is 1. The monoisotopic (exact) mass is 577 g/mol. The molecule has 3 atom stereocenters. The Balaban J connectivity index is 1.35. The first-order chi connectivity index (χ1) is 19.4. The number of amides is 3. The molecule has 2 aromatic carbocycles. The second-order valence-electron chi connectivity index (χ2n) is 9.17. The maximum atomic E-state index is 13.8. The van der Waals surface area contributed by atoms with Crippen LogP contribution in [-0.2, 0) is 20.9 Å². The Morgan fingerprint density at radius 2 is 1.62 bits per heavy atom. The van der Waals surface area contributed by atoms with Gasteiger partial charge in [0.1, 0.15) is 29.1 Å². The quantitative estimate of drug-likeness (QED) is 0.328. The number of imide groups is 1. The smallest absolute Gasteiger partial charge is 0.308 e. The second-order valence-corrected chi connectivity index (χ2v) is 11.3. The highest BCUT2D eigenvalue weighted by Crippen LogP contribution is 2.54. The number of aromatic nitrogens is 1. The Morgan fingerprint density at radius 1 is 0.950 bits per heavy atom. The third kappa shape index (κ3) is 4.38. The minimum Gasteiger partial charge on any atom is -0.497 e. The molecule has 0 spiro atoms. The van der Waals surface area contributed by atoms with Crippen molar-refractivity contribution in [3.05, 3.63) is 87.2 Å². The molecule has 2 aliphatic heterocycles. The van der Waals surface area contributed by atoms with Crippen LogP contribution in [0.3, 0.4) is 0 Å². The molecule has 0 aliphatic carbocycles. The van der Waals surface area contributed by atoms with E-state index in [1.54, 1.807) is 67.8 Å². The van der Waals surface area contributed by atoms with Crippen LogP contribution < -0.4 is 24.6 Å². The van der Waals surface area contributed by atoms with Gasteiger partial charge < -0.3 is 19.2 Å². The Bertz CT molecular complexity index is 1640. The number of rotatable bonds is 7. The highest BCUT2D eigenvalue weighted by molar-refractivity contribution is 8.00. The third-order valence-electron chi connectivity index (χ3n) is 6.91. The molecule has 1 N–H and O–H groups in total. The van der Waals surface area contributed by atoms with Gasteiger partial charge in [0.15, 0.2) is 0 Å². The topological polar surface area (TPSA) is 120 Å². The molecule has 0 bridgehead atoms. The van der Waals surface area contributed by atoms with Crippen LogP contribution in [0.5, 0.6) is 11.5 Å². The average molecular weight is 578 g/mol. The zero-order chi connectivity index (χ0) is 28.0. The van der Waals surface area contributed by atoms with E-state index in [9.17, 15) is 19.2 Å². The number of furan rings is 1. The van der Waals surface area contributed by atoms with Crippen LogP contribution in [0, 0.1) is 5.92 Å². The van der Waals surface area contributed by atoms with Crippen LogP contribution in [0.4, 0.5) is 11.4 Å². The summed E-state index contributed by atoms with van der Waals surface area (Å²) in [4.78, 5) is 55.1. The van der Waals surface area contributed by atoms with Crippen molar-refractivity contribution in [2.24, 2.45) is 5.92 Å². The van der Waals surface area contributed by atoms with E-state index in [2.05, 4.69) is 5.32 Å². The van der Waals surface area contributed by atoms with Crippen molar-refractivity contribution >= 4 is 52.2 Å². The van der Waals surface area contributed by atoms with Gasteiger partial charge in [0, 0.05) is 5.69 Å². The van der Waals surface area contributed by atoms with Crippen molar-refractivity contribution in [2.45, 2.75) is 22.7 Å². The van der Waals surface area contributed by atoms with E-state index in [0.29, 0.717) is 38.5 Å². The summed E-state index contributed by atoms with van der Waals surface area (Å²) in [5.41, 5.74) is 0.986. The summed E-state index contributed by atoms with van der Waals surface area (Å²) in [6.07, 6.45) is 1.50. The van der Waals surface area contributed by atoms with Gasteiger partial charge in [-0.05, 0) is 60.7 Å². The Labute approximate surface area is 236 Å². The van der Waals surface area contributed by atoms with Crippen molar-refractivity contribution in [2.75, 3.05) is 24.4 Å². The average Bonchev–Trinajstić information content (AvgIpc) is 3.66.